The van der Waals surface area contributed by atoms with Crippen molar-refractivity contribution in [1.82, 2.24) is 0 Å². The third-order valence-electron chi connectivity index (χ3n) is 4.24. The zero-order valence-corrected chi connectivity index (χ0v) is 14.5. The predicted molar refractivity (Wildman–Crippen MR) is 95.1 cm³/mol. The largest absolute Gasteiger partial charge is 0.426 e. The van der Waals surface area contributed by atoms with E-state index in [0.717, 1.165) is 16.8 Å². The van der Waals surface area contributed by atoms with Crippen LogP contribution in [0.1, 0.15) is 17.5 Å². The molecule has 1 aliphatic heterocycles. The highest BCUT2D eigenvalue weighted by Crippen LogP contribution is 2.28. The normalized spacial score (nSPS) is 16.6. The van der Waals surface area contributed by atoms with Gasteiger partial charge in [0.05, 0.1) is 10.8 Å². The van der Waals surface area contributed by atoms with Crippen LogP contribution in [-0.2, 0) is 9.59 Å². The molecule has 1 saturated heterocycles. The Morgan fingerprint density at radius 1 is 1.15 bits per heavy atom. The number of nitrogens with zero attached hydrogens (tertiary/aromatic N) is 2. The van der Waals surface area contributed by atoms with Crippen molar-refractivity contribution in [2.75, 3.05) is 11.4 Å². The lowest BCUT2D eigenvalue weighted by Crippen LogP contribution is -2.27. The molecular weight excluding hydrogens is 336 g/mol. The first-order valence-corrected chi connectivity index (χ1v) is 8.18. The molecule has 0 spiro atoms. The van der Waals surface area contributed by atoms with E-state index in [1.807, 2.05) is 32.0 Å². The zero-order chi connectivity index (χ0) is 18.8. The Hall–Kier alpha value is -3.22. The van der Waals surface area contributed by atoms with Gasteiger partial charge in [-0.25, -0.2) is 0 Å². The molecule has 0 N–H and O–H groups in total. The molecule has 0 aliphatic carbocycles. The molecule has 1 aliphatic rings. The van der Waals surface area contributed by atoms with Gasteiger partial charge in [0.2, 0.25) is 5.91 Å². The molecular formula is C19H18N2O5. The quantitative estimate of drug-likeness (QED) is 0.364. The molecule has 0 aromatic heterocycles. The zero-order valence-electron chi connectivity index (χ0n) is 14.5. The van der Waals surface area contributed by atoms with Crippen LogP contribution >= 0.6 is 0 Å². The van der Waals surface area contributed by atoms with Crippen molar-refractivity contribution in [3.8, 4) is 5.75 Å². The average Bonchev–Trinajstić information content (AvgIpc) is 2.96. The molecule has 2 aromatic carbocycles. The number of nitro benzene ring substituents is 1. The maximum Gasteiger partial charge on any atom is 0.316 e. The van der Waals surface area contributed by atoms with E-state index < -0.39 is 16.8 Å². The molecule has 0 radical (unpaired) electrons. The summed E-state index contributed by atoms with van der Waals surface area (Å²) in [5.41, 5.74) is 2.79. The predicted octanol–water partition coefficient (Wildman–Crippen LogP) is 3.17. The fourth-order valence-corrected chi connectivity index (χ4v) is 3.06. The summed E-state index contributed by atoms with van der Waals surface area (Å²) in [4.78, 5) is 36.4. The lowest BCUT2D eigenvalue weighted by molar-refractivity contribution is -0.384. The summed E-state index contributed by atoms with van der Waals surface area (Å²) in [6.45, 7) is 4.17. The number of anilines is 1. The summed E-state index contributed by atoms with van der Waals surface area (Å²) < 4.78 is 5.27. The van der Waals surface area contributed by atoms with Crippen molar-refractivity contribution < 1.29 is 19.2 Å². The minimum absolute atomic E-state index is 0.0816. The maximum absolute atomic E-state index is 12.4. The molecule has 3 rings (SSSR count). The summed E-state index contributed by atoms with van der Waals surface area (Å²) >= 11 is 0. The number of nitro groups is 1. The second-order valence-corrected chi connectivity index (χ2v) is 6.42. The van der Waals surface area contributed by atoms with Crippen molar-refractivity contribution in [2.45, 2.75) is 20.3 Å². The van der Waals surface area contributed by atoms with Crippen molar-refractivity contribution in [3.05, 3.63) is 63.7 Å². The summed E-state index contributed by atoms with van der Waals surface area (Å²) in [7, 11) is 0. The van der Waals surface area contributed by atoms with Crippen LogP contribution in [0.4, 0.5) is 11.4 Å². The average molecular weight is 354 g/mol. The molecule has 134 valence electrons. The van der Waals surface area contributed by atoms with Gasteiger partial charge in [-0.3, -0.25) is 19.7 Å². The molecule has 1 atom stereocenters. The van der Waals surface area contributed by atoms with Crippen LogP contribution in [0.2, 0.25) is 0 Å². The number of aryl methyl sites for hydroxylation is 2. The summed E-state index contributed by atoms with van der Waals surface area (Å²) in [6, 6.07) is 11.1. The molecule has 1 heterocycles. The third-order valence-corrected chi connectivity index (χ3v) is 4.24. The maximum atomic E-state index is 12.4. The fourth-order valence-electron chi connectivity index (χ4n) is 3.06. The minimum atomic E-state index is -0.571. The van der Waals surface area contributed by atoms with Crippen molar-refractivity contribution in [1.29, 1.82) is 0 Å². The van der Waals surface area contributed by atoms with Gasteiger partial charge in [-0.1, -0.05) is 6.07 Å². The van der Waals surface area contributed by atoms with E-state index in [1.165, 1.54) is 24.3 Å². The highest BCUT2D eigenvalue weighted by atomic mass is 16.6. The van der Waals surface area contributed by atoms with Crippen LogP contribution in [0, 0.1) is 29.9 Å². The standard InChI is InChI=1S/C19H18N2O5/c1-12-7-13(2)9-16(8-12)20-11-14(10-18(20)22)19(23)26-17-5-3-15(4-6-17)21(24)25/h3-9,14H,10-11H2,1-2H3/t14-/m0/s1. The van der Waals surface area contributed by atoms with Crippen LogP contribution in [0.25, 0.3) is 0 Å². The first-order valence-electron chi connectivity index (χ1n) is 8.18. The molecule has 0 unspecified atom stereocenters. The molecule has 0 saturated carbocycles. The molecule has 1 fully saturated rings. The molecule has 2 aromatic rings. The van der Waals surface area contributed by atoms with E-state index in [0.29, 0.717) is 0 Å². The highest BCUT2D eigenvalue weighted by Gasteiger charge is 2.36. The molecule has 7 nitrogen and oxygen atoms in total. The number of ether oxygens (including phenoxy) is 1. The van der Waals surface area contributed by atoms with E-state index in [4.69, 9.17) is 4.74 Å². The number of esters is 1. The second kappa shape index (κ2) is 6.95. The van der Waals surface area contributed by atoms with E-state index in [9.17, 15) is 19.7 Å². The van der Waals surface area contributed by atoms with Gasteiger partial charge < -0.3 is 9.64 Å². The number of carbonyl (C=O) groups is 2. The Morgan fingerprint density at radius 3 is 2.35 bits per heavy atom. The Labute approximate surface area is 150 Å². The minimum Gasteiger partial charge on any atom is -0.426 e. The first-order chi connectivity index (χ1) is 12.3. The Kier molecular flexibility index (Phi) is 4.71. The number of carbonyl (C=O) groups excluding carboxylic acids is 2. The van der Waals surface area contributed by atoms with Gasteiger partial charge in [-0.05, 0) is 49.2 Å². The van der Waals surface area contributed by atoms with E-state index >= 15 is 0 Å². The Morgan fingerprint density at radius 2 is 1.77 bits per heavy atom. The van der Waals surface area contributed by atoms with Gasteiger partial charge in [0.15, 0.2) is 0 Å². The summed E-state index contributed by atoms with van der Waals surface area (Å²) in [5.74, 6) is -0.990. The Balaban J connectivity index is 1.69. The Bertz CT molecular complexity index is 856. The molecule has 7 heteroatoms. The van der Waals surface area contributed by atoms with Gasteiger partial charge in [-0.15, -0.1) is 0 Å². The second-order valence-electron chi connectivity index (χ2n) is 6.42. The van der Waals surface area contributed by atoms with Gasteiger partial charge in [0.1, 0.15) is 5.75 Å². The molecule has 0 bridgehead atoms. The van der Waals surface area contributed by atoms with Gasteiger partial charge in [0, 0.05) is 30.8 Å². The molecule has 26 heavy (non-hydrogen) atoms. The molecule has 1 amide bonds. The summed E-state index contributed by atoms with van der Waals surface area (Å²) in [6.07, 6.45) is 0.0821. The monoisotopic (exact) mass is 354 g/mol. The topological polar surface area (TPSA) is 89.8 Å². The summed E-state index contributed by atoms with van der Waals surface area (Å²) in [5, 5.41) is 10.7. The lowest BCUT2D eigenvalue weighted by Gasteiger charge is -2.18. The van der Waals surface area contributed by atoms with Crippen LogP contribution < -0.4 is 9.64 Å². The fraction of sp³-hybridized carbons (Fsp3) is 0.263. The third kappa shape index (κ3) is 3.72. The number of rotatable bonds is 4. The number of benzene rings is 2. The van der Waals surface area contributed by atoms with E-state index in [1.54, 1.807) is 4.90 Å². The lowest BCUT2D eigenvalue weighted by atomic mass is 10.1. The van der Waals surface area contributed by atoms with Crippen LogP contribution in [0.3, 0.4) is 0 Å². The number of hydrogen-bond acceptors (Lipinski definition) is 5. The smallest absolute Gasteiger partial charge is 0.316 e. The number of amides is 1. The van der Waals surface area contributed by atoms with Gasteiger partial charge in [-0.2, -0.15) is 0 Å². The van der Waals surface area contributed by atoms with Crippen molar-refractivity contribution in [3.63, 3.8) is 0 Å². The van der Waals surface area contributed by atoms with Crippen LogP contribution in [0.15, 0.2) is 42.5 Å². The SMILES string of the molecule is Cc1cc(C)cc(N2C[C@@H](C(=O)Oc3ccc([N+](=O)[O-])cc3)CC2=O)c1. The number of hydrogen-bond donors (Lipinski definition) is 0. The van der Waals surface area contributed by atoms with Crippen molar-refractivity contribution in [2.24, 2.45) is 5.92 Å². The number of non-ortho nitro benzene ring substituents is 1. The van der Waals surface area contributed by atoms with Crippen LogP contribution in [-0.4, -0.2) is 23.3 Å². The van der Waals surface area contributed by atoms with Crippen molar-refractivity contribution >= 4 is 23.3 Å². The van der Waals surface area contributed by atoms with Gasteiger partial charge in [0.25, 0.3) is 5.69 Å². The van der Waals surface area contributed by atoms with E-state index in [-0.39, 0.29) is 30.3 Å². The first kappa shape index (κ1) is 17.6. The van der Waals surface area contributed by atoms with Gasteiger partial charge >= 0.3 is 5.97 Å². The van der Waals surface area contributed by atoms with E-state index in [2.05, 4.69) is 0 Å². The van der Waals surface area contributed by atoms with Crippen LogP contribution in [0.5, 0.6) is 5.75 Å². The highest BCUT2D eigenvalue weighted by molar-refractivity contribution is 5.99.